The Morgan fingerprint density at radius 1 is 1.07 bits per heavy atom. The Hall–Kier alpha value is 0.580. The second-order valence-electron chi connectivity index (χ2n) is 5.62. The van der Waals surface area contributed by atoms with Gasteiger partial charge in [0.2, 0.25) is 0 Å². The molecule has 0 bridgehead atoms. The Bertz CT molecular complexity index is 290. The molecule has 2 heteroatoms. The third-order valence-corrected chi connectivity index (χ3v) is 5.06. The smallest absolute Gasteiger partial charge is 0.0396 e. The van der Waals surface area contributed by atoms with E-state index < -0.39 is 8.07 Å². The minimum Gasteiger partial charge on any atom is -0.267 e. The molecule has 0 saturated carbocycles. The fourth-order valence-electron chi connectivity index (χ4n) is 1.91. The van der Waals surface area contributed by atoms with E-state index in [0.717, 1.165) is 0 Å². The molecular formula is C12H21SiZr-. The van der Waals surface area contributed by atoms with Crippen LogP contribution in [-0.4, -0.2) is 8.07 Å². The standard InChI is InChI=1S/C12H21Si.Zr/c1-9-10(2)12(3,4)8-11(9)13(5,6)7;/h1-7H3;/q-1;. The Labute approximate surface area is 109 Å². The van der Waals surface area contributed by atoms with Crippen LogP contribution in [0.15, 0.2) is 16.3 Å². The molecule has 0 saturated heterocycles. The van der Waals surface area contributed by atoms with E-state index in [4.69, 9.17) is 0 Å². The van der Waals surface area contributed by atoms with Gasteiger partial charge < -0.3 is 0 Å². The summed E-state index contributed by atoms with van der Waals surface area (Å²) in [6, 6.07) is 0. The van der Waals surface area contributed by atoms with Crippen molar-refractivity contribution in [1.29, 1.82) is 0 Å². The molecule has 0 nitrogen and oxygen atoms in total. The molecule has 1 aliphatic carbocycles. The Morgan fingerprint density at radius 3 is 1.64 bits per heavy atom. The topological polar surface area (TPSA) is 0 Å². The van der Waals surface area contributed by atoms with Gasteiger partial charge in [-0.2, -0.15) is 5.57 Å². The Kier molecular flexibility index (Phi) is 4.39. The van der Waals surface area contributed by atoms with Crippen molar-refractivity contribution in [1.82, 2.24) is 0 Å². The van der Waals surface area contributed by atoms with Crippen molar-refractivity contribution in [3.05, 3.63) is 22.4 Å². The van der Waals surface area contributed by atoms with Gasteiger partial charge in [-0.25, -0.2) is 10.8 Å². The fraction of sp³-hybridized carbons (Fsp3) is 0.667. The first-order valence-electron chi connectivity index (χ1n) is 5.00. The van der Waals surface area contributed by atoms with E-state index >= 15 is 0 Å². The largest absolute Gasteiger partial charge is 0.267 e. The minimum absolute atomic E-state index is 0. The van der Waals surface area contributed by atoms with Crippen LogP contribution in [0.5, 0.6) is 0 Å². The third kappa shape index (κ3) is 2.58. The van der Waals surface area contributed by atoms with Crippen LogP contribution in [0.1, 0.15) is 27.7 Å². The molecule has 0 aromatic rings. The molecule has 0 unspecified atom stereocenters. The monoisotopic (exact) mass is 283 g/mol. The van der Waals surface area contributed by atoms with Crippen molar-refractivity contribution in [2.45, 2.75) is 47.3 Å². The van der Waals surface area contributed by atoms with Crippen molar-refractivity contribution in [3.63, 3.8) is 0 Å². The van der Waals surface area contributed by atoms with E-state index in [1.54, 1.807) is 0 Å². The van der Waals surface area contributed by atoms with Crippen LogP contribution < -0.4 is 0 Å². The maximum atomic E-state index is 3.67. The molecule has 1 rings (SSSR count). The predicted molar refractivity (Wildman–Crippen MR) is 62.3 cm³/mol. The first-order chi connectivity index (χ1) is 5.66. The minimum atomic E-state index is -1.17. The zero-order valence-corrected chi connectivity index (χ0v) is 14.0. The number of rotatable bonds is 1. The molecule has 0 aliphatic heterocycles. The Morgan fingerprint density at radius 2 is 1.50 bits per heavy atom. The van der Waals surface area contributed by atoms with Crippen LogP contribution in [0.2, 0.25) is 19.6 Å². The van der Waals surface area contributed by atoms with E-state index in [0.29, 0.717) is 0 Å². The van der Waals surface area contributed by atoms with Gasteiger partial charge in [-0.3, -0.25) is 6.08 Å². The summed E-state index contributed by atoms with van der Waals surface area (Å²) in [5.41, 5.74) is 3.19. The van der Waals surface area contributed by atoms with E-state index in [-0.39, 0.29) is 31.6 Å². The molecule has 0 aromatic heterocycles. The van der Waals surface area contributed by atoms with Crippen LogP contribution in [0.3, 0.4) is 0 Å². The predicted octanol–water partition coefficient (Wildman–Crippen LogP) is 3.97. The van der Waals surface area contributed by atoms with Crippen molar-refractivity contribution in [2.24, 2.45) is 5.41 Å². The van der Waals surface area contributed by atoms with E-state index in [2.05, 4.69) is 53.4 Å². The van der Waals surface area contributed by atoms with Crippen LogP contribution >= 0.6 is 0 Å². The zero-order valence-electron chi connectivity index (χ0n) is 10.5. The first kappa shape index (κ1) is 14.6. The first-order valence-corrected chi connectivity index (χ1v) is 8.50. The second kappa shape index (κ2) is 4.22. The molecule has 0 heterocycles. The Balaban J connectivity index is 0.00000169. The van der Waals surface area contributed by atoms with Gasteiger partial charge in [0, 0.05) is 34.3 Å². The molecule has 0 spiro atoms. The van der Waals surface area contributed by atoms with E-state index in [1.165, 1.54) is 16.3 Å². The van der Waals surface area contributed by atoms with Gasteiger partial charge in [-0.1, -0.05) is 45.8 Å². The van der Waals surface area contributed by atoms with Crippen LogP contribution in [-0.2, 0) is 26.2 Å². The third-order valence-electron chi connectivity index (χ3n) is 3.06. The summed E-state index contributed by atoms with van der Waals surface area (Å²) in [6.07, 6.45) is 3.67. The van der Waals surface area contributed by atoms with E-state index in [1.807, 2.05) is 0 Å². The molecule has 78 valence electrons. The second-order valence-corrected chi connectivity index (χ2v) is 10.6. The van der Waals surface area contributed by atoms with Gasteiger partial charge in [0.1, 0.15) is 0 Å². The average Bonchev–Trinajstić information content (AvgIpc) is 2.12. The molecule has 14 heavy (non-hydrogen) atoms. The van der Waals surface area contributed by atoms with Crippen LogP contribution in [0.25, 0.3) is 0 Å². The fourth-order valence-corrected chi connectivity index (χ4v) is 3.91. The summed E-state index contributed by atoms with van der Waals surface area (Å²) in [4.78, 5) is 0. The molecule has 0 N–H and O–H groups in total. The maximum absolute atomic E-state index is 3.67. The van der Waals surface area contributed by atoms with E-state index in [9.17, 15) is 0 Å². The van der Waals surface area contributed by atoms with Crippen molar-refractivity contribution in [2.75, 3.05) is 0 Å². The van der Waals surface area contributed by atoms with Crippen molar-refractivity contribution < 1.29 is 26.2 Å². The maximum Gasteiger partial charge on any atom is 0.0396 e. The van der Waals surface area contributed by atoms with Crippen molar-refractivity contribution >= 4 is 8.07 Å². The molecule has 0 radical (unpaired) electrons. The molecule has 0 aromatic carbocycles. The SMILES string of the molecule is CC1=C(C)C(C)(C)[C-]=C1[Si](C)(C)C.[Zr]. The summed E-state index contributed by atoms with van der Waals surface area (Å²) in [6.45, 7) is 16.2. The van der Waals surface area contributed by atoms with Crippen molar-refractivity contribution in [3.8, 4) is 0 Å². The number of hydrogen-bond acceptors (Lipinski definition) is 0. The van der Waals surface area contributed by atoms with Gasteiger partial charge in [-0.15, -0.1) is 6.92 Å². The molecule has 0 amide bonds. The van der Waals surface area contributed by atoms with Crippen LogP contribution in [0, 0.1) is 11.5 Å². The average molecular weight is 285 g/mol. The summed E-state index contributed by atoms with van der Waals surface area (Å²) in [5, 5.41) is 1.54. The normalized spacial score (nSPS) is 20.6. The van der Waals surface area contributed by atoms with Gasteiger partial charge in [0.05, 0.1) is 0 Å². The van der Waals surface area contributed by atoms with Gasteiger partial charge in [0.15, 0.2) is 0 Å². The quantitative estimate of drug-likeness (QED) is 0.505. The van der Waals surface area contributed by atoms with Gasteiger partial charge in [0.25, 0.3) is 0 Å². The molecule has 0 atom stereocenters. The van der Waals surface area contributed by atoms with Gasteiger partial charge >= 0.3 is 0 Å². The zero-order chi connectivity index (χ0) is 10.4. The number of hydrogen-bond donors (Lipinski definition) is 0. The van der Waals surface area contributed by atoms with Crippen LogP contribution in [0.4, 0.5) is 0 Å². The summed E-state index contributed by atoms with van der Waals surface area (Å²) >= 11 is 0. The summed E-state index contributed by atoms with van der Waals surface area (Å²) < 4.78 is 0. The molecule has 1 aliphatic rings. The molecular weight excluding hydrogens is 263 g/mol. The summed E-state index contributed by atoms with van der Waals surface area (Å²) in [5.74, 6) is 0. The van der Waals surface area contributed by atoms with Gasteiger partial charge in [-0.05, 0) is 0 Å². The summed E-state index contributed by atoms with van der Waals surface area (Å²) in [7, 11) is -1.17. The molecule has 0 fully saturated rings. The number of allylic oxidation sites excluding steroid dienone is 4.